The van der Waals surface area contributed by atoms with E-state index >= 15 is 0 Å². The molecule has 5 heteroatoms. The maximum atomic E-state index is 12.1. The zero-order valence-electron chi connectivity index (χ0n) is 11.8. The SMILES string of the molecule is C=C(C)C(=O)Oc1ccc2c(c1)OC1(CCCC1)OC2=O. The van der Waals surface area contributed by atoms with Crippen molar-refractivity contribution in [1.29, 1.82) is 0 Å². The molecule has 0 N–H and O–H groups in total. The lowest BCUT2D eigenvalue weighted by molar-refractivity contribution is -0.148. The molecule has 21 heavy (non-hydrogen) atoms. The first-order valence-electron chi connectivity index (χ1n) is 6.93. The van der Waals surface area contributed by atoms with Crippen molar-refractivity contribution in [2.24, 2.45) is 0 Å². The molecular weight excluding hydrogens is 272 g/mol. The Labute approximate surface area is 122 Å². The molecule has 0 bridgehead atoms. The van der Waals surface area contributed by atoms with Crippen LogP contribution in [0, 0.1) is 0 Å². The van der Waals surface area contributed by atoms with Crippen molar-refractivity contribution >= 4 is 11.9 Å². The number of esters is 2. The molecule has 1 aromatic carbocycles. The molecule has 0 saturated heterocycles. The molecule has 0 radical (unpaired) electrons. The fraction of sp³-hybridized carbons (Fsp3) is 0.375. The summed E-state index contributed by atoms with van der Waals surface area (Å²) in [7, 11) is 0. The molecule has 1 aliphatic heterocycles. The van der Waals surface area contributed by atoms with Gasteiger partial charge in [-0.05, 0) is 31.9 Å². The van der Waals surface area contributed by atoms with Crippen LogP contribution in [-0.2, 0) is 9.53 Å². The molecule has 5 nitrogen and oxygen atoms in total. The minimum absolute atomic E-state index is 0.306. The highest BCUT2D eigenvalue weighted by atomic mass is 16.7. The summed E-state index contributed by atoms with van der Waals surface area (Å²) >= 11 is 0. The zero-order valence-corrected chi connectivity index (χ0v) is 11.8. The first kappa shape index (κ1) is 13.7. The van der Waals surface area contributed by atoms with Crippen molar-refractivity contribution in [2.75, 3.05) is 0 Å². The van der Waals surface area contributed by atoms with Gasteiger partial charge in [-0.1, -0.05) is 6.58 Å². The monoisotopic (exact) mass is 288 g/mol. The van der Waals surface area contributed by atoms with Crippen LogP contribution in [-0.4, -0.2) is 17.7 Å². The van der Waals surface area contributed by atoms with E-state index in [4.69, 9.17) is 14.2 Å². The van der Waals surface area contributed by atoms with Gasteiger partial charge in [0.2, 0.25) is 0 Å². The van der Waals surface area contributed by atoms with Crippen molar-refractivity contribution in [2.45, 2.75) is 38.4 Å². The van der Waals surface area contributed by atoms with Gasteiger partial charge in [0.05, 0.1) is 0 Å². The third-order valence-electron chi connectivity index (χ3n) is 3.67. The molecule has 0 unspecified atom stereocenters. The second-order valence-electron chi connectivity index (χ2n) is 5.44. The summed E-state index contributed by atoms with van der Waals surface area (Å²) in [6, 6.07) is 4.63. The first-order valence-corrected chi connectivity index (χ1v) is 6.93. The predicted molar refractivity (Wildman–Crippen MR) is 74.1 cm³/mol. The summed E-state index contributed by atoms with van der Waals surface area (Å²) in [4.78, 5) is 23.6. The first-order chi connectivity index (χ1) is 9.99. The molecular formula is C16H16O5. The molecule has 1 aromatic rings. The van der Waals surface area contributed by atoms with Gasteiger partial charge in [0.25, 0.3) is 5.79 Å². The van der Waals surface area contributed by atoms with Crippen LogP contribution in [0.3, 0.4) is 0 Å². The van der Waals surface area contributed by atoms with E-state index in [1.54, 1.807) is 19.1 Å². The molecule has 1 heterocycles. The second kappa shape index (κ2) is 4.91. The van der Waals surface area contributed by atoms with Crippen molar-refractivity contribution in [3.8, 4) is 11.5 Å². The van der Waals surface area contributed by atoms with E-state index in [9.17, 15) is 9.59 Å². The number of benzene rings is 1. The van der Waals surface area contributed by atoms with Crippen LogP contribution in [0.4, 0.5) is 0 Å². The molecule has 1 fully saturated rings. The number of hydrogen-bond acceptors (Lipinski definition) is 5. The van der Waals surface area contributed by atoms with E-state index < -0.39 is 17.7 Å². The fourth-order valence-electron chi connectivity index (χ4n) is 2.58. The zero-order chi connectivity index (χ0) is 15.0. The van der Waals surface area contributed by atoms with Crippen LogP contribution in [0.15, 0.2) is 30.4 Å². The van der Waals surface area contributed by atoms with Gasteiger partial charge in [-0.15, -0.1) is 0 Å². The van der Waals surface area contributed by atoms with Crippen molar-refractivity contribution in [3.05, 3.63) is 35.9 Å². The van der Waals surface area contributed by atoms with E-state index in [0.717, 1.165) is 12.8 Å². The Morgan fingerprint density at radius 3 is 2.67 bits per heavy atom. The third kappa shape index (κ3) is 2.51. The number of ether oxygens (including phenoxy) is 3. The van der Waals surface area contributed by atoms with E-state index in [2.05, 4.69) is 6.58 Å². The summed E-state index contributed by atoms with van der Waals surface area (Å²) in [6.45, 7) is 5.10. The lowest BCUT2D eigenvalue weighted by Crippen LogP contribution is -2.42. The van der Waals surface area contributed by atoms with E-state index in [1.807, 2.05) is 0 Å². The van der Waals surface area contributed by atoms with Gasteiger partial charge in [0, 0.05) is 24.5 Å². The lowest BCUT2D eigenvalue weighted by Gasteiger charge is -2.34. The molecule has 1 saturated carbocycles. The smallest absolute Gasteiger partial charge is 0.345 e. The number of carbonyl (C=O) groups is 2. The van der Waals surface area contributed by atoms with Gasteiger partial charge in [-0.25, -0.2) is 9.59 Å². The van der Waals surface area contributed by atoms with Crippen LogP contribution in [0.1, 0.15) is 43.0 Å². The number of rotatable bonds is 2. The molecule has 0 aromatic heterocycles. The highest BCUT2D eigenvalue weighted by Gasteiger charge is 2.44. The Morgan fingerprint density at radius 1 is 1.29 bits per heavy atom. The maximum absolute atomic E-state index is 12.1. The van der Waals surface area contributed by atoms with Gasteiger partial charge < -0.3 is 14.2 Å². The van der Waals surface area contributed by atoms with Crippen molar-refractivity contribution in [3.63, 3.8) is 0 Å². The summed E-state index contributed by atoms with van der Waals surface area (Å²) in [5.41, 5.74) is 0.656. The molecule has 0 atom stereocenters. The van der Waals surface area contributed by atoms with Crippen LogP contribution >= 0.6 is 0 Å². The van der Waals surface area contributed by atoms with Gasteiger partial charge in [-0.2, -0.15) is 0 Å². The minimum Gasteiger partial charge on any atom is -0.451 e. The quantitative estimate of drug-likeness (QED) is 0.475. The van der Waals surface area contributed by atoms with Gasteiger partial charge in [0.1, 0.15) is 17.1 Å². The average molecular weight is 288 g/mol. The molecule has 110 valence electrons. The maximum Gasteiger partial charge on any atom is 0.345 e. The van der Waals surface area contributed by atoms with Gasteiger partial charge in [0.15, 0.2) is 0 Å². The van der Waals surface area contributed by atoms with Crippen LogP contribution in [0.5, 0.6) is 11.5 Å². The highest BCUT2D eigenvalue weighted by Crippen LogP contribution is 2.42. The van der Waals surface area contributed by atoms with Crippen molar-refractivity contribution in [1.82, 2.24) is 0 Å². The highest BCUT2D eigenvalue weighted by molar-refractivity contribution is 5.94. The largest absolute Gasteiger partial charge is 0.451 e. The molecule has 3 rings (SSSR count). The Kier molecular flexibility index (Phi) is 3.20. The minimum atomic E-state index is -0.846. The summed E-state index contributed by atoms with van der Waals surface area (Å²) < 4.78 is 16.5. The van der Waals surface area contributed by atoms with Gasteiger partial charge >= 0.3 is 11.9 Å². The summed E-state index contributed by atoms with van der Waals surface area (Å²) in [5.74, 6) is -1.02. The average Bonchev–Trinajstić information content (AvgIpc) is 2.85. The summed E-state index contributed by atoms with van der Waals surface area (Å²) in [5, 5.41) is 0. The Balaban J connectivity index is 1.89. The normalized spacial score (nSPS) is 18.6. The van der Waals surface area contributed by atoms with E-state index in [-0.39, 0.29) is 0 Å². The molecule has 0 amide bonds. The van der Waals surface area contributed by atoms with Crippen LogP contribution < -0.4 is 9.47 Å². The van der Waals surface area contributed by atoms with Crippen LogP contribution in [0.2, 0.25) is 0 Å². The predicted octanol–water partition coefficient (Wildman–Crippen LogP) is 2.99. The molecule has 1 spiro atoms. The Morgan fingerprint density at radius 2 is 2.00 bits per heavy atom. The van der Waals surface area contributed by atoms with Gasteiger partial charge in [-0.3, -0.25) is 0 Å². The lowest BCUT2D eigenvalue weighted by atomic mass is 10.1. The third-order valence-corrected chi connectivity index (χ3v) is 3.67. The van der Waals surface area contributed by atoms with Crippen LogP contribution in [0.25, 0.3) is 0 Å². The molecule has 2 aliphatic rings. The molecule has 1 aliphatic carbocycles. The fourth-order valence-corrected chi connectivity index (χ4v) is 2.58. The number of hydrogen-bond donors (Lipinski definition) is 0. The second-order valence-corrected chi connectivity index (χ2v) is 5.44. The summed E-state index contributed by atoms with van der Waals surface area (Å²) in [6.07, 6.45) is 3.31. The Bertz CT molecular complexity index is 626. The number of fused-ring (bicyclic) bond motifs is 1. The van der Waals surface area contributed by atoms with E-state index in [0.29, 0.717) is 35.5 Å². The standard InChI is InChI=1S/C16H16O5/c1-10(2)14(17)19-11-5-6-12-13(9-11)20-16(21-15(12)18)7-3-4-8-16/h5-6,9H,1,3-4,7-8H2,2H3. The number of carbonyl (C=O) groups excluding carboxylic acids is 2. The Hall–Kier alpha value is -2.30. The topological polar surface area (TPSA) is 61.8 Å². The van der Waals surface area contributed by atoms with Crippen molar-refractivity contribution < 1.29 is 23.8 Å². The van der Waals surface area contributed by atoms with E-state index in [1.165, 1.54) is 6.07 Å².